The Hall–Kier alpha value is -2.15. The van der Waals surface area contributed by atoms with Crippen LogP contribution in [0.25, 0.3) is 0 Å². The van der Waals surface area contributed by atoms with Gasteiger partial charge in [-0.2, -0.15) is 5.10 Å². The normalized spacial score (nSPS) is 17.1. The number of hydrogen-bond acceptors (Lipinski definition) is 4. The van der Waals surface area contributed by atoms with E-state index in [-0.39, 0.29) is 17.9 Å². The number of nitrogens with zero attached hydrogens (tertiary/aromatic N) is 3. The second-order valence-electron chi connectivity index (χ2n) is 5.38. The van der Waals surface area contributed by atoms with Crippen LogP contribution in [0.15, 0.2) is 29.8 Å². The van der Waals surface area contributed by atoms with Crippen molar-refractivity contribution in [3.63, 3.8) is 0 Å². The van der Waals surface area contributed by atoms with Crippen molar-refractivity contribution in [2.24, 2.45) is 0 Å². The van der Waals surface area contributed by atoms with Gasteiger partial charge in [-0.25, -0.2) is 0 Å². The first-order valence-electron chi connectivity index (χ1n) is 7.20. The molecular weight excluding hydrogens is 300 g/mol. The Morgan fingerprint density at radius 3 is 3.05 bits per heavy atom. The Bertz CT molecular complexity index is 665. The largest absolute Gasteiger partial charge is 0.351 e. The number of amides is 2. The third-order valence-electron chi connectivity index (χ3n) is 3.79. The lowest BCUT2D eigenvalue weighted by molar-refractivity contribution is -0.132. The Morgan fingerprint density at radius 2 is 2.32 bits per heavy atom. The second-order valence-corrected chi connectivity index (χ2v) is 6.41. The van der Waals surface area contributed by atoms with Crippen molar-refractivity contribution in [2.45, 2.75) is 32.5 Å². The molecule has 2 aromatic heterocycles. The standard InChI is InChI=1S/C15H18N4O2S/c1-11(20)18-9-12-4-5-17-19(12)13(10-18)7-15(21)16-8-14-3-2-6-22-14/h2-6,13H,7-10H2,1H3,(H,16,21)/t13-/m1/s1. The smallest absolute Gasteiger partial charge is 0.222 e. The number of fused-ring (bicyclic) bond motifs is 1. The summed E-state index contributed by atoms with van der Waals surface area (Å²) in [4.78, 5) is 26.7. The van der Waals surface area contributed by atoms with Crippen LogP contribution < -0.4 is 5.32 Å². The molecule has 6 nitrogen and oxygen atoms in total. The van der Waals surface area contributed by atoms with Gasteiger partial charge in [-0.3, -0.25) is 14.3 Å². The van der Waals surface area contributed by atoms with E-state index in [9.17, 15) is 9.59 Å². The van der Waals surface area contributed by atoms with Gasteiger partial charge in [-0.15, -0.1) is 11.3 Å². The van der Waals surface area contributed by atoms with E-state index in [1.165, 1.54) is 0 Å². The highest BCUT2D eigenvalue weighted by atomic mass is 32.1. The molecule has 0 fully saturated rings. The maximum atomic E-state index is 12.2. The van der Waals surface area contributed by atoms with Crippen molar-refractivity contribution in [1.82, 2.24) is 20.0 Å². The van der Waals surface area contributed by atoms with E-state index >= 15 is 0 Å². The van der Waals surface area contributed by atoms with Crippen molar-refractivity contribution in [1.29, 1.82) is 0 Å². The Balaban J connectivity index is 1.63. The molecule has 3 rings (SSSR count). The lowest BCUT2D eigenvalue weighted by atomic mass is 10.1. The molecule has 22 heavy (non-hydrogen) atoms. The fourth-order valence-corrected chi connectivity index (χ4v) is 3.31. The van der Waals surface area contributed by atoms with Gasteiger partial charge in [0.1, 0.15) is 0 Å². The van der Waals surface area contributed by atoms with E-state index in [2.05, 4.69) is 10.4 Å². The minimum absolute atomic E-state index is 0.0229. The zero-order chi connectivity index (χ0) is 15.5. The molecule has 2 aromatic rings. The van der Waals surface area contributed by atoms with Gasteiger partial charge in [0.2, 0.25) is 11.8 Å². The van der Waals surface area contributed by atoms with Gasteiger partial charge in [0.15, 0.2) is 0 Å². The minimum Gasteiger partial charge on any atom is -0.351 e. The van der Waals surface area contributed by atoms with E-state index < -0.39 is 0 Å². The maximum Gasteiger partial charge on any atom is 0.222 e. The van der Waals surface area contributed by atoms with Gasteiger partial charge >= 0.3 is 0 Å². The van der Waals surface area contributed by atoms with Gasteiger partial charge < -0.3 is 10.2 Å². The third kappa shape index (κ3) is 3.19. The molecule has 1 aliphatic heterocycles. The van der Waals surface area contributed by atoms with Gasteiger partial charge in [-0.05, 0) is 17.5 Å². The van der Waals surface area contributed by atoms with Gasteiger partial charge in [0, 0.05) is 24.5 Å². The fraction of sp³-hybridized carbons (Fsp3) is 0.400. The summed E-state index contributed by atoms with van der Waals surface area (Å²) >= 11 is 1.62. The molecular formula is C15H18N4O2S. The monoisotopic (exact) mass is 318 g/mol. The molecule has 0 spiro atoms. The summed E-state index contributed by atoms with van der Waals surface area (Å²) in [6, 6.07) is 5.75. The minimum atomic E-state index is -0.106. The van der Waals surface area contributed by atoms with Crippen molar-refractivity contribution >= 4 is 23.2 Å². The fourth-order valence-electron chi connectivity index (χ4n) is 2.66. The molecule has 0 radical (unpaired) electrons. The first-order valence-corrected chi connectivity index (χ1v) is 8.08. The highest BCUT2D eigenvalue weighted by Gasteiger charge is 2.28. The van der Waals surface area contributed by atoms with Crippen molar-refractivity contribution in [2.75, 3.05) is 6.54 Å². The van der Waals surface area contributed by atoms with Crippen LogP contribution in [0.5, 0.6) is 0 Å². The molecule has 0 unspecified atom stereocenters. The van der Waals surface area contributed by atoms with E-state index in [1.54, 1.807) is 29.4 Å². The number of aromatic nitrogens is 2. The van der Waals surface area contributed by atoms with E-state index in [1.807, 2.05) is 28.3 Å². The number of thiophene rings is 1. The molecule has 3 heterocycles. The SMILES string of the molecule is CC(=O)N1Cc2ccnn2[C@H](CC(=O)NCc2cccs2)C1. The predicted molar refractivity (Wildman–Crippen MR) is 83.1 cm³/mol. The van der Waals surface area contributed by atoms with Gasteiger partial charge in [0.05, 0.1) is 31.2 Å². The molecule has 1 N–H and O–H groups in total. The lowest BCUT2D eigenvalue weighted by Crippen LogP contribution is -2.42. The molecule has 0 aromatic carbocycles. The Morgan fingerprint density at radius 1 is 1.45 bits per heavy atom. The van der Waals surface area contributed by atoms with Crippen LogP contribution in [0.2, 0.25) is 0 Å². The van der Waals surface area contributed by atoms with Crippen LogP contribution in [0, 0.1) is 0 Å². The third-order valence-corrected chi connectivity index (χ3v) is 4.66. The van der Waals surface area contributed by atoms with Crippen LogP contribution in [0.3, 0.4) is 0 Å². The molecule has 0 saturated heterocycles. The van der Waals surface area contributed by atoms with Gasteiger partial charge in [0.25, 0.3) is 0 Å². The molecule has 0 saturated carbocycles. The maximum absolute atomic E-state index is 12.2. The molecule has 7 heteroatoms. The zero-order valence-electron chi connectivity index (χ0n) is 12.4. The highest BCUT2D eigenvalue weighted by molar-refractivity contribution is 7.09. The quantitative estimate of drug-likeness (QED) is 0.930. The number of rotatable bonds is 4. The van der Waals surface area contributed by atoms with Gasteiger partial charge in [-0.1, -0.05) is 6.07 Å². The van der Waals surface area contributed by atoms with E-state index in [4.69, 9.17) is 0 Å². The average molecular weight is 318 g/mol. The lowest BCUT2D eigenvalue weighted by Gasteiger charge is -2.33. The van der Waals surface area contributed by atoms with E-state index in [0.29, 0.717) is 26.1 Å². The van der Waals surface area contributed by atoms with Crippen molar-refractivity contribution in [3.05, 3.63) is 40.3 Å². The van der Waals surface area contributed by atoms with Crippen molar-refractivity contribution < 1.29 is 9.59 Å². The zero-order valence-corrected chi connectivity index (χ0v) is 13.2. The van der Waals surface area contributed by atoms with Crippen LogP contribution in [-0.4, -0.2) is 33.0 Å². The molecule has 116 valence electrons. The Kier molecular flexibility index (Phi) is 4.24. The molecule has 1 atom stereocenters. The molecule has 0 bridgehead atoms. The molecule has 0 aliphatic carbocycles. The summed E-state index contributed by atoms with van der Waals surface area (Å²) in [5.41, 5.74) is 0.970. The van der Waals surface area contributed by atoms with Crippen LogP contribution >= 0.6 is 11.3 Å². The summed E-state index contributed by atoms with van der Waals surface area (Å²) in [5, 5.41) is 9.21. The summed E-state index contributed by atoms with van der Waals surface area (Å²) < 4.78 is 1.87. The number of hydrogen-bond donors (Lipinski definition) is 1. The summed E-state index contributed by atoms with van der Waals surface area (Å²) in [6.45, 7) is 3.19. The van der Waals surface area contributed by atoms with E-state index in [0.717, 1.165) is 10.6 Å². The first-order chi connectivity index (χ1) is 10.6. The molecule has 2 amide bonds. The highest BCUT2D eigenvalue weighted by Crippen LogP contribution is 2.23. The van der Waals surface area contributed by atoms with Crippen LogP contribution in [-0.2, 0) is 22.7 Å². The summed E-state index contributed by atoms with van der Waals surface area (Å²) in [6.07, 6.45) is 2.04. The molecule has 1 aliphatic rings. The topological polar surface area (TPSA) is 67.2 Å². The first kappa shape index (κ1) is 14.8. The predicted octanol–water partition coefficient (Wildman–Crippen LogP) is 1.55. The van der Waals surface area contributed by atoms with Crippen LogP contribution in [0.1, 0.15) is 30.0 Å². The van der Waals surface area contributed by atoms with Crippen LogP contribution in [0.4, 0.5) is 0 Å². The average Bonchev–Trinajstić information content (AvgIpc) is 3.16. The number of carbonyl (C=O) groups excluding carboxylic acids is 2. The summed E-state index contributed by atoms with van der Waals surface area (Å²) in [7, 11) is 0. The number of nitrogens with one attached hydrogen (secondary N) is 1. The number of carbonyl (C=O) groups is 2. The van der Waals surface area contributed by atoms with Crippen molar-refractivity contribution in [3.8, 4) is 0 Å². The summed E-state index contributed by atoms with van der Waals surface area (Å²) in [5.74, 6) is 0.00157. The second kappa shape index (κ2) is 6.31. The Labute approximate surface area is 132 Å².